The molecule has 0 unspecified atom stereocenters. The average Bonchev–Trinajstić information content (AvgIpc) is 3.09. The van der Waals surface area contributed by atoms with E-state index in [9.17, 15) is 4.79 Å². The summed E-state index contributed by atoms with van der Waals surface area (Å²) in [6, 6.07) is 10.5. The van der Waals surface area contributed by atoms with Crippen LogP contribution in [0.1, 0.15) is 44.6 Å². The molecule has 3 rings (SSSR count). The summed E-state index contributed by atoms with van der Waals surface area (Å²) in [5.41, 5.74) is 1.14. The van der Waals surface area contributed by atoms with Crippen LogP contribution in [0.25, 0.3) is 0 Å². The number of nitrogens with zero attached hydrogens (tertiary/aromatic N) is 5. The number of carbonyl (C=O) groups excluding carboxylic acids is 1. The van der Waals surface area contributed by atoms with E-state index in [2.05, 4.69) is 22.4 Å². The summed E-state index contributed by atoms with van der Waals surface area (Å²) >= 11 is 1.42. The molecule has 0 saturated heterocycles. The monoisotopic (exact) mass is 359 g/mol. The third-order valence-electron chi connectivity index (χ3n) is 4.68. The standard InChI is InChI=1S/C18H25N5OS/c1-2-22(16-11-7-4-8-12-16)17(24)14-25-18-19-20-21-23(18)13-15-9-5-3-6-10-15/h3,5-6,9-10,16H,2,4,7-8,11-14H2,1H3. The molecule has 1 saturated carbocycles. The van der Waals surface area contributed by atoms with Crippen LogP contribution >= 0.6 is 11.8 Å². The summed E-state index contributed by atoms with van der Waals surface area (Å²) in [5.74, 6) is 0.577. The van der Waals surface area contributed by atoms with Gasteiger partial charge in [-0.3, -0.25) is 4.79 Å². The van der Waals surface area contributed by atoms with Crippen molar-refractivity contribution in [3.63, 3.8) is 0 Å². The molecule has 0 N–H and O–H groups in total. The maximum atomic E-state index is 12.7. The number of aromatic nitrogens is 4. The van der Waals surface area contributed by atoms with Gasteiger partial charge in [0.25, 0.3) is 0 Å². The van der Waals surface area contributed by atoms with E-state index in [-0.39, 0.29) is 5.91 Å². The van der Waals surface area contributed by atoms with Crippen molar-refractivity contribution in [3.05, 3.63) is 35.9 Å². The highest BCUT2D eigenvalue weighted by atomic mass is 32.2. The molecule has 1 heterocycles. The van der Waals surface area contributed by atoms with Crippen molar-refractivity contribution in [3.8, 4) is 0 Å². The van der Waals surface area contributed by atoms with Crippen molar-refractivity contribution in [1.29, 1.82) is 0 Å². The second-order valence-electron chi connectivity index (χ2n) is 6.36. The van der Waals surface area contributed by atoms with Gasteiger partial charge in [0.15, 0.2) is 0 Å². The highest BCUT2D eigenvalue weighted by molar-refractivity contribution is 7.99. The molecule has 1 aromatic heterocycles. The van der Waals surface area contributed by atoms with Crippen molar-refractivity contribution < 1.29 is 4.79 Å². The van der Waals surface area contributed by atoms with Gasteiger partial charge in [-0.25, -0.2) is 4.68 Å². The molecule has 6 nitrogen and oxygen atoms in total. The molecule has 1 amide bonds. The molecule has 0 aliphatic heterocycles. The first-order valence-corrected chi connectivity index (χ1v) is 9.99. The third-order valence-corrected chi connectivity index (χ3v) is 5.62. The SMILES string of the molecule is CCN(C(=O)CSc1nnnn1Cc1ccccc1)C1CCCCC1. The van der Waals surface area contributed by atoms with E-state index in [1.807, 2.05) is 35.2 Å². The van der Waals surface area contributed by atoms with Crippen LogP contribution in [0.2, 0.25) is 0 Å². The van der Waals surface area contributed by atoms with Crippen LogP contribution in [0, 0.1) is 0 Å². The van der Waals surface area contributed by atoms with Gasteiger partial charge in [0, 0.05) is 12.6 Å². The smallest absolute Gasteiger partial charge is 0.233 e. The van der Waals surface area contributed by atoms with E-state index < -0.39 is 0 Å². The molecule has 2 aromatic rings. The second-order valence-corrected chi connectivity index (χ2v) is 7.31. The maximum Gasteiger partial charge on any atom is 0.233 e. The highest BCUT2D eigenvalue weighted by Gasteiger charge is 2.24. The summed E-state index contributed by atoms with van der Waals surface area (Å²) < 4.78 is 1.75. The number of hydrogen-bond acceptors (Lipinski definition) is 5. The Hall–Kier alpha value is -1.89. The average molecular weight is 359 g/mol. The Morgan fingerprint density at radius 3 is 2.72 bits per heavy atom. The topological polar surface area (TPSA) is 63.9 Å². The lowest BCUT2D eigenvalue weighted by molar-refractivity contribution is -0.131. The highest BCUT2D eigenvalue weighted by Crippen LogP contribution is 2.24. The molecule has 25 heavy (non-hydrogen) atoms. The first-order chi connectivity index (χ1) is 12.3. The van der Waals surface area contributed by atoms with Gasteiger partial charge in [-0.1, -0.05) is 61.4 Å². The molecule has 1 aliphatic carbocycles. The molecule has 7 heteroatoms. The maximum absolute atomic E-state index is 12.7. The molecule has 0 atom stereocenters. The zero-order valence-corrected chi connectivity index (χ0v) is 15.5. The van der Waals surface area contributed by atoms with E-state index >= 15 is 0 Å². The lowest BCUT2D eigenvalue weighted by Gasteiger charge is -2.33. The number of rotatable bonds is 7. The van der Waals surface area contributed by atoms with Crippen molar-refractivity contribution in [2.45, 2.75) is 56.8 Å². The Balaban J connectivity index is 1.57. The van der Waals surface area contributed by atoms with E-state index in [1.54, 1.807) is 4.68 Å². The number of amides is 1. The second kappa shape index (κ2) is 8.99. The van der Waals surface area contributed by atoms with E-state index in [1.165, 1.54) is 31.0 Å². The summed E-state index contributed by atoms with van der Waals surface area (Å²) in [4.78, 5) is 14.7. The number of carbonyl (C=O) groups is 1. The van der Waals surface area contributed by atoms with Gasteiger partial charge in [0.2, 0.25) is 11.1 Å². The van der Waals surface area contributed by atoms with Gasteiger partial charge >= 0.3 is 0 Å². The molecular formula is C18H25N5OS. The normalized spacial score (nSPS) is 15.2. The quantitative estimate of drug-likeness (QED) is 0.711. The van der Waals surface area contributed by atoms with E-state index in [0.29, 0.717) is 23.5 Å². The van der Waals surface area contributed by atoms with Gasteiger partial charge in [-0.15, -0.1) is 5.10 Å². The molecular weight excluding hydrogens is 334 g/mol. The predicted octanol–water partition coefficient (Wildman–Crippen LogP) is 2.99. The Labute approximate surface area is 153 Å². The molecule has 1 aromatic carbocycles. The molecule has 1 fully saturated rings. The summed E-state index contributed by atoms with van der Waals surface area (Å²) in [6.45, 7) is 3.46. The van der Waals surface area contributed by atoms with Crippen LogP contribution in [0.3, 0.4) is 0 Å². The predicted molar refractivity (Wildman–Crippen MR) is 98.3 cm³/mol. The number of thioether (sulfide) groups is 1. The first-order valence-electron chi connectivity index (χ1n) is 9.00. The van der Waals surface area contributed by atoms with Gasteiger partial charge in [-0.05, 0) is 35.8 Å². The first kappa shape index (κ1) is 17.9. The zero-order chi connectivity index (χ0) is 17.5. The van der Waals surface area contributed by atoms with Gasteiger partial charge in [0.1, 0.15) is 0 Å². The summed E-state index contributed by atoms with van der Waals surface area (Å²) in [7, 11) is 0. The molecule has 134 valence electrons. The van der Waals surface area contributed by atoms with Gasteiger partial charge in [0.05, 0.1) is 12.3 Å². The van der Waals surface area contributed by atoms with Crippen molar-refractivity contribution in [1.82, 2.24) is 25.1 Å². The van der Waals surface area contributed by atoms with Crippen LogP contribution in [0.5, 0.6) is 0 Å². The lowest BCUT2D eigenvalue weighted by atomic mass is 9.94. The number of tetrazole rings is 1. The largest absolute Gasteiger partial charge is 0.339 e. The Morgan fingerprint density at radius 1 is 1.24 bits per heavy atom. The fourth-order valence-electron chi connectivity index (χ4n) is 3.40. The molecule has 1 aliphatic rings. The van der Waals surface area contributed by atoms with Crippen molar-refractivity contribution in [2.24, 2.45) is 0 Å². The Kier molecular flexibility index (Phi) is 6.44. The zero-order valence-electron chi connectivity index (χ0n) is 14.7. The van der Waals surface area contributed by atoms with Crippen molar-refractivity contribution >= 4 is 17.7 Å². The van der Waals surface area contributed by atoms with Crippen LogP contribution in [0.4, 0.5) is 0 Å². The van der Waals surface area contributed by atoms with Crippen molar-refractivity contribution in [2.75, 3.05) is 12.3 Å². The van der Waals surface area contributed by atoms with E-state index in [4.69, 9.17) is 0 Å². The summed E-state index contributed by atoms with van der Waals surface area (Å²) in [5, 5.41) is 12.6. The number of benzene rings is 1. The third kappa shape index (κ3) is 4.81. The Morgan fingerprint density at radius 2 is 2.00 bits per heavy atom. The van der Waals surface area contributed by atoms with Gasteiger partial charge < -0.3 is 4.90 Å². The minimum absolute atomic E-state index is 0.189. The lowest BCUT2D eigenvalue weighted by Crippen LogP contribution is -2.42. The summed E-state index contributed by atoms with van der Waals surface area (Å²) in [6.07, 6.45) is 6.03. The minimum atomic E-state index is 0.189. The van der Waals surface area contributed by atoms with Crippen LogP contribution in [-0.2, 0) is 11.3 Å². The van der Waals surface area contributed by atoms with E-state index in [0.717, 1.165) is 24.9 Å². The fourth-order valence-corrected chi connectivity index (χ4v) is 4.16. The minimum Gasteiger partial charge on any atom is -0.339 e. The molecule has 0 bridgehead atoms. The molecule has 0 radical (unpaired) electrons. The fraction of sp³-hybridized carbons (Fsp3) is 0.556. The molecule has 0 spiro atoms. The number of hydrogen-bond donors (Lipinski definition) is 0. The van der Waals surface area contributed by atoms with Crippen LogP contribution in [0.15, 0.2) is 35.5 Å². The van der Waals surface area contributed by atoms with Crippen LogP contribution < -0.4 is 0 Å². The van der Waals surface area contributed by atoms with Crippen LogP contribution in [-0.4, -0.2) is 49.4 Å². The van der Waals surface area contributed by atoms with Gasteiger partial charge in [-0.2, -0.15) is 0 Å². The Bertz CT molecular complexity index is 669.